The van der Waals surface area contributed by atoms with Gasteiger partial charge in [0, 0.05) is 12.1 Å². The molecule has 1 atom stereocenters. The van der Waals surface area contributed by atoms with Crippen LogP contribution < -0.4 is 0 Å². The third kappa shape index (κ3) is 1.78. The molecule has 3 aromatic rings. The average molecular weight is 344 g/mol. The van der Waals surface area contributed by atoms with Gasteiger partial charge in [0.15, 0.2) is 24.1 Å². The van der Waals surface area contributed by atoms with Crippen LogP contribution in [-0.4, -0.2) is 38.2 Å². The number of oxazole rings is 1. The quantitative estimate of drug-likeness (QED) is 0.526. The van der Waals surface area contributed by atoms with Crippen LogP contribution in [0.4, 0.5) is 0 Å². The van der Waals surface area contributed by atoms with E-state index in [2.05, 4.69) is 15.9 Å². The van der Waals surface area contributed by atoms with Crippen molar-refractivity contribution < 1.29 is 14.0 Å². The summed E-state index contributed by atoms with van der Waals surface area (Å²) in [4.78, 5) is 34.4. The van der Waals surface area contributed by atoms with Crippen LogP contribution in [0.3, 0.4) is 0 Å². The number of benzene rings is 1. The molecular weight excluding hydrogens is 332 g/mol. The predicted molar refractivity (Wildman–Crippen MR) is 90.8 cm³/mol. The second-order valence-electron chi connectivity index (χ2n) is 6.21. The van der Waals surface area contributed by atoms with Gasteiger partial charge < -0.3 is 9.32 Å². The Hall–Kier alpha value is -3.66. The maximum Gasteiger partial charge on any atom is 0.256 e. The zero-order valence-electron chi connectivity index (χ0n) is 13.5. The molecule has 5 rings (SSSR count). The van der Waals surface area contributed by atoms with Crippen molar-refractivity contribution in [3.63, 3.8) is 0 Å². The van der Waals surface area contributed by atoms with Crippen molar-refractivity contribution in [3.8, 4) is 29.5 Å². The molecule has 0 radical (unpaired) electrons. The van der Waals surface area contributed by atoms with Crippen molar-refractivity contribution in [1.29, 1.82) is 0 Å². The van der Waals surface area contributed by atoms with Crippen LogP contribution in [0.2, 0.25) is 0 Å². The first kappa shape index (κ1) is 14.7. The highest BCUT2D eigenvalue weighted by molar-refractivity contribution is 6.00. The van der Waals surface area contributed by atoms with E-state index in [1.807, 2.05) is 10.6 Å². The molecule has 2 aliphatic heterocycles. The molecule has 0 bridgehead atoms. The fraction of sp³-hybridized carbons (Fsp3) is 0.158. The lowest BCUT2D eigenvalue weighted by Gasteiger charge is -2.39. The van der Waals surface area contributed by atoms with Crippen LogP contribution in [0.1, 0.15) is 44.6 Å². The van der Waals surface area contributed by atoms with Crippen molar-refractivity contribution in [2.24, 2.45) is 0 Å². The van der Waals surface area contributed by atoms with E-state index in [1.54, 1.807) is 23.4 Å². The molecule has 7 heteroatoms. The summed E-state index contributed by atoms with van der Waals surface area (Å²) in [7, 11) is 0. The summed E-state index contributed by atoms with van der Waals surface area (Å²) in [6.45, 7) is 0.658. The van der Waals surface area contributed by atoms with Gasteiger partial charge in [0.25, 0.3) is 5.91 Å². The third-order valence-corrected chi connectivity index (χ3v) is 4.98. The third-order valence-electron chi connectivity index (χ3n) is 4.98. The number of hydrogen-bond donors (Lipinski definition) is 0. The summed E-state index contributed by atoms with van der Waals surface area (Å²) in [5, 5.41) is 0. The van der Waals surface area contributed by atoms with Crippen molar-refractivity contribution in [3.05, 3.63) is 53.4 Å². The molecule has 1 amide bonds. The Bertz CT molecular complexity index is 1120. The molecule has 126 valence electrons. The maximum atomic E-state index is 13.0. The highest BCUT2D eigenvalue weighted by atomic mass is 16.3. The highest BCUT2D eigenvalue weighted by Crippen LogP contribution is 2.43. The van der Waals surface area contributed by atoms with E-state index in [0.717, 1.165) is 12.1 Å². The van der Waals surface area contributed by atoms with Gasteiger partial charge in [-0.3, -0.25) is 14.2 Å². The fourth-order valence-corrected chi connectivity index (χ4v) is 3.64. The first-order valence-electron chi connectivity index (χ1n) is 8.11. The summed E-state index contributed by atoms with van der Waals surface area (Å²) in [6.07, 6.45) is 9.80. The normalized spacial score (nSPS) is 17.4. The predicted octanol–water partition coefficient (Wildman–Crippen LogP) is 2.22. The Labute approximate surface area is 148 Å². The number of carbonyl (C=O) groups excluding carboxylic acids is 2. The number of hydrogen-bond acceptors (Lipinski definition) is 5. The van der Waals surface area contributed by atoms with Crippen molar-refractivity contribution in [2.75, 3.05) is 6.54 Å². The molecule has 1 fully saturated rings. The van der Waals surface area contributed by atoms with Crippen LogP contribution in [0.15, 0.2) is 35.3 Å². The molecule has 2 aromatic heterocycles. The monoisotopic (exact) mass is 344 g/mol. The number of rotatable bonds is 2. The van der Waals surface area contributed by atoms with E-state index in [-0.39, 0.29) is 17.6 Å². The molecule has 2 aliphatic rings. The van der Waals surface area contributed by atoms with E-state index in [9.17, 15) is 9.59 Å². The van der Waals surface area contributed by atoms with Gasteiger partial charge in [-0.25, -0.2) is 9.97 Å². The van der Waals surface area contributed by atoms with Gasteiger partial charge >= 0.3 is 0 Å². The zero-order valence-corrected chi connectivity index (χ0v) is 13.5. The molecule has 4 heterocycles. The number of fused-ring (bicyclic) bond motifs is 5. The largest absolute Gasteiger partial charge is 0.441 e. The van der Waals surface area contributed by atoms with Crippen molar-refractivity contribution in [2.45, 2.75) is 12.5 Å². The van der Waals surface area contributed by atoms with Gasteiger partial charge in [-0.2, -0.15) is 0 Å². The Morgan fingerprint density at radius 3 is 2.96 bits per heavy atom. The van der Waals surface area contributed by atoms with Crippen LogP contribution in [0.5, 0.6) is 0 Å². The van der Waals surface area contributed by atoms with Gasteiger partial charge in [-0.05, 0) is 24.6 Å². The second-order valence-corrected chi connectivity index (χ2v) is 6.21. The van der Waals surface area contributed by atoms with Gasteiger partial charge in [-0.15, -0.1) is 6.42 Å². The molecule has 26 heavy (non-hydrogen) atoms. The number of nitrogens with zero attached hydrogens (tertiary/aromatic N) is 4. The van der Waals surface area contributed by atoms with E-state index < -0.39 is 0 Å². The number of carbonyl (C=O) groups is 2. The van der Waals surface area contributed by atoms with Gasteiger partial charge in [0.05, 0.1) is 23.0 Å². The average Bonchev–Trinajstić information content (AvgIpc) is 3.25. The Kier molecular flexibility index (Phi) is 2.91. The molecular formula is C19H12N4O3. The lowest BCUT2D eigenvalue weighted by atomic mass is 9.96. The lowest BCUT2D eigenvalue weighted by Crippen LogP contribution is -2.44. The van der Waals surface area contributed by atoms with Crippen LogP contribution in [0, 0.1) is 12.3 Å². The fourth-order valence-electron chi connectivity index (χ4n) is 3.64. The number of amides is 1. The smallest absolute Gasteiger partial charge is 0.256 e. The van der Waals surface area contributed by atoms with Gasteiger partial charge in [0.1, 0.15) is 12.0 Å². The minimum Gasteiger partial charge on any atom is -0.441 e. The summed E-state index contributed by atoms with van der Waals surface area (Å²) in [5.41, 5.74) is 3.44. The minimum absolute atomic E-state index is 0.0591. The SMILES string of the molecule is C#Cc1ccc2c(c1)C(=O)N1CC[C@H]1c1c(-c3ocnc3C=O)ncn1-2. The van der Waals surface area contributed by atoms with Crippen LogP contribution in [-0.2, 0) is 0 Å². The van der Waals surface area contributed by atoms with Crippen LogP contribution in [0.25, 0.3) is 17.1 Å². The summed E-state index contributed by atoms with van der Waals surface area (Å²) in [6, 6.07) is 5.21. The van der Waals surface area contributed by atoms with Crippen molar-refractivity contribution >= 4 is 12.2 Å². The number of aldehydes is 1. The highest BCUT2D eigenvalue weighted by Gasteiger charge is 2.42. The molecule has 7 nitrogen and oxygen atoms in total. The minimum atomic E-state index is -0.133. The second kappa shape index (κ2) is 5.17. The van der Waals surface area contributed by atoms with E-state index in [0.29, 0.717) is 41.1 Å². The summed E-state index contributed by atoms with van der Waals surface area (Å²) >= 11 is 0. The topological polar surface area (TPSA) is 81.2 Å². The molecule has 0 unspecified atom stereocenters. The summed E-state index contributed by atoms with van der Waals surface area (Å²) in [5.74, 6) is 2.83. The molecule has 1 saturated heterocycles. The lowest BCUT2D eigenvalue weighted by molar-refractivity contribution is 0.0461. The molecule has 0 spiro atoms. The van der Waals surface area contributed by atoms with E-state index in [4.69, 9.17) is 10.8 Å². The van der Waals surface area contributed by atoms with E-state index >= 15 is 0 Å². The van der Waals surface area contributed by atoms with Gasteiger partial charge in [-0.1, -0.05) is 5.92 Å². The summed E-state index contributed by atoms with van der Waals surface area (Å²) < 4.78 is 7.30. The molecule has 1 aromatic carbocycles. The van der Waals surface area contributed by atoms with Crippen LogP contribution >= 0.6 is 0 Å². The first-order valence-corrected chi connectivity index (χ1v) is 8.11. The first-order chi connectivity index (χ1) is 12.7. The Morgan fingerprint density at radius 2 is 2.23 bits per heavy atom. The number of aromatic nitrogens is 3. The number of terminal acetylenes is 1. The van der Waals surface area contributed by atoms with Gasteiger partial charge in [0.2, 0.25) is 0 Å². The number of imidazole rings is 1. The molecule has 0 aliphatic carbocycles. The molecule has 0 N–H and O–H groups in total. The Morgan fingerprint density at radius 1 is 1.35 bits per heavy atom. The standard InChI is InChI=1S/C19H12N4O3/c1-2-11-3-4-14-12(7-11)19(25)22-6-5-15(22)17-16(20-9-23(14)17)18-13(8-24)21-10-26-18/h1,3-4,7-10,15H,5-6H2/t15-/m0/s1. The Balaban J connectivity index is 1.79. The van der Waals surface area contributed by atoms with E-state index in [1.165, 1.54) is 6.39 Å². The zero-order chi connectivity index (χ0) is 17.8. The van der Waals surface area contributed by atoms with Crippen molar-refractivity contribution in [1.82, 2.24) is 19.4 Å². The maximum absolute atomic E-state index is 13.0. The molecule has 0 saturated carbocycles.